The normalized spacial score (nSPS) is 27.1. The van der Waals surface area contributed by atoms with Crippen LogP contribution in [-0.2, 0) is 52.7 Å². The zero-order valence-corrected chi connectivity index (χ0v) is 54.2. The fourth-order valence-corrected chi connectivity index (χ4v) is 10.3. The van der Waals surface area contributed by atoms with Gasteiger partial charge in [-0.05, 0) is 94.8 Å². The number of rotatable bonds is 15. The van der Waals surface area contributed by atoms with Crippen LogP contribution in [0.1, 0.15) is 156 Å². The van der Waals surface area contributed by atoms with Crippen molar-refractivity contribution in [3.05, 3.63) is 12.2 Å². The predicted molar refractivity (Wildman–Crippen MR) is 319 cm³/mol. The lowest BCUT2D eigenvalue weighted by Crippen LogP contribution is -2.63. The number of carbonyl (C=O) groups excluding carboxylic acids is 11. The summed E-state index contributed by atoms with van der Waals surface area (Å²) in [5, 5.41) is 25.5. The van der Waals surface area contributed by atoms with Crippen molar-refractivity contribution in [3.63, 3.8) is 0 Å². The Labute approximate surface area is 495 Å². The summed E-state index contributed by atoms with van der Waals surface area (Å²) in [7, 11) is 8.46. The second-order valence-electron chi connectivity index (χ2n) is 24.8. The third kappa shape index (κ3) is 21.2. The first-order valence-electron chi connectivity index (χ1n) is 29.8. The second-order valence-corrected chi connectivity index (χ2v) is 24.8. The highest BCUT2D eigenvalue weighted by Gasteiger charge is 2.45. The van der Waals surface area contributed by atoms with Crippen LogP contribution in [0.15, 0.2) is 12.2 Å². The molecule has 1 fully saturated rings. The molecule has 1 aliphatic rings. The second kappa shape index (κ2) is 34.6. The molecule has 23 nitrogen and oxygen atoms in total. The van der Waals surface area contributed by atoms with Gasteiger partial charge in [-0.15, -0.1) is 0 Å². The van der Waals surface area contributed by atoms with Gasteiger partial charge in [-0.1, -0.05) is 109 Å². The molecule has 23 heteroatoms. The zero-order chi connectivity index (χ0) is 64.2. The summed E-state index contributed by atoms with van der Waals surface area (Å²) < 4.78 is 0. The molecule has 12 atom stereocenters. The number of nitrogens with zero attached hydrogens (tertiary/aromatic N) is 6. The van der Waals surface area contributed by atoms with Crippen LogP contribution in [0, 0.1) is 35.5 Å². The number of allylic oxidation sites excluding steroid dienone is 2. The molecule has 6 N–H and O–H groups in total. The number of carbonyl (C=O) groups is 11. The van der Waals surface area contributed by atoms with Gasteiger partial charge in [0.25, 0.3) is 0 Å². The van der Waals surface area contributed by atoms with E-state index >= 15 is 9.59 Å². The maximum absolute atomic E-state index is 15.1. The van der Waals surface area contributed by atoms with Crippen molar-refractivity contribution in [3.8, 4) is 0 Å². The molecule has 1 aliphatic heterocycles. The Bertz CT molecular complexity index is 2260. The molecular weight excluding hydrogens is 1070 g/mol. The van der Waals surface area contributed by atoms with Gasteiger partial charge in [-0.3, -0.25) is 52.7 Å². The molecule has 0 aromatic carbocycles. The Morgan fingerprint density at radius 1 is 0.506 bits per heavy atom. The molecule has 0 aromatic rings. The lowest BCUT2D eigenvalue weighted by Gasteiger charge is -2.41. The van der Waals surface area contributed by atoms with Gasteiger partial charge in [0.05, 0.1) is 12.6 Å². The summed E-state index contributed by atoms with van der Waals surface area (Å²) >= 11 is 0. The van der Waals surface area contributed by atoms with Gasteiger partial charge < -0.3 is 61.1 Å². The van der Waals surface area contributed by atoms with E-state index in [2.05, 4.69) is 26.6 Å². The van der Waals surface area contributed by atoms with E-state index in [-0.39, 0.29) is 49.9 Å². The van der Waals surface area contributed by atoms with Crippen LogP contribution in [0.5, 0.6) is 0 Å². The average molecular weight is 1170 g/mol. The summed E-state index contributed by atoms with van der Waals surface area (Å²) in [4.78, 5) is 166. The van der Waals surface area contributed by atoms with Gasteiger partial charge in [-0.25, -0.2) is 0 Å². The molecule has 0 saturated carbocycles. The number of hydrogen-bond acceptors (Lipinski definition) is 12. The van der Waals surface area contributed by atoms with Crippen LogP contribution in [0.3, 0.4) is 0 Å². The lowest BCUT2D eigenvalue weighted by atomic mass is 9.91. The third-order valence-corrected chi connectivity index (χ3v) is 15.7. The largest absolute Gasteiger partial charge is 0.390 e. The van der Waals surface area contributed by atoms with Gasteiger partial charge >= 0.3 is 0 Å². The summed E-state index contributed by atoms with van der Waals surface area (Å²) in [5.74, 6) is -9.70. The molecule has 0 radical (unpaired) electrons. The Balaban J connectivity index is 4.25. The smallest absolute Gasteiger partial charge is 0.246 e. The number of amides is 11. The summed E-state index contributed by atoms with van der Waals surface area (Å²) in [6, 6.07) is -12.3. The Morgan fingerprint density at radius 2 is 1.00 bits per heavy atom. The Morgan fingerprint density at radius 3 is 1.47 bits per heavy atom. The molecule has 11 amide bonds. The van der Waals surface area contributed by atoms with Crippen LogP contribution in [0.4, 0.5) is 0 Å². The fraction of sp³-hybridized carbons (Fsp3) is 0.783. The van der Waals surface area contributed by atoms with Crippen molar-refractivity contribution in [2.75, 3.05) is 48.8 Å². The predicted octanol–water partition coefficient (Wildman–Crippen LogP) is 2.68. The van der Waals surface area contributed by atoms with E-state index in [9.17, 15) is 48.3 Å². The number of hydrogen-bond donors (Lipinski definition) is 6. The van der Waals surface area contributed by atoms with Crippen molar-refractivity contribution in [2.45, 2.75) is 222 Å². The summed E-state index contributed by atoms with van der Waals surface area (Å²) in [5.41, 5.74) is 0. The highest BCUT2D eigenvalue weighted by Crippen LogP contribution is 2.25. The minimum absolute atomic E-state index is 0.0142. The molecule has 0 spiro atoms. The maximum Gasteiger partial charge on any atom is 0.246 e. The number of likely N-dealkylation sites (N-methyl/N-ethyl adjacent to an activating group) is 6. The molecule has 0 aliphatic carbocycles. The maximum atomic E-state index is 15.1. The first kappa shape index (κ1) is 74.9. The van der Waals surface area contributed by atoms with Crippen molar-refractivity contribution < 1.29 is 57.8 Å². The van der Waals surface area contributed by atoms with E-state index in [1.807, 2.05) is 41.5 Å². The van der Waals surface area contributed by atoms with Gasteiger partial charge in [0.2, 0.25) is 65.0 Å². The van der Waals surface area contributed by atoms with Crippen molar-refractivity contribution in [1.82, 2.24) is 56.0 Å². The highest BCUT2D eigenvalue weighted by atomic mass is 16.3. The standard InChI is InChI=1S/C60H107N11O12/c1-23-26-28-38(14)50(73)49-55(78)63-41(25-3)52(75)61-32-46(72)67(18)43(27-24-2)54(77)65-47(36(10)11)59(82)66(17)40(16)51(74)64-42(29-33(4)5)53(76)62-39(15)56(79)68(19)44(30-34(6)7)57(80)69(20)45(31-35(8)9)58(81)70(21)48(37(12)13)60(83)71(49)22/h23,26,33-45,47-50,73H,24-25,27-32H2,1-22H3,(H,61,75)(H,62,76)(H,63,78)(H,64,74)(H,65,77)/b26-23+/t38-,39-,40+,41+,42+,43+,44+,45-,47+,48+,49+,50-/m1/s1. The number of nitrogens with one attached hydrogen (secondary N) is 5. The first-order valence-corrected chi connectivity index (χ1v) is 29.8. The average Bonchev–Trinajstić information content (AvgIpc) is 3.41. The summed E-state index contributed by atoms with van der Waals surface area (Å²) in [6.45, 7) is 27.3. The lowest BCUT2D eigenvalue weighted by molar-refractivity contribution is -0.157. The van der Waals surface area contributed by atoms with Gasteiger partial charge in [0.1, 0.15) is 60.4 Å². The molecule has 0 unspecified atom stereocenters. The minimum atomic E-state index is -1.61. The Hall–Kier alpha value is -6.13. The third-order valence-electron chi connectivity index (χ3n) is 15.7. The van der Waals surface area contributed by atoms with Crippen LogP contribution >= 0.6 is 0 Å². The van der Waals surface area contributed by atoms with E-state index in [0.717, 1.165) is 14.7 Å². The highest BCUT2D eigenvalue weighted by molar-refractivity contribution is 5.99. The van der Waals surface area contributed by atoms with E-state index in [1.54, 1.807) is 67.5 Å². The zero-order valence-electron chi connectivity index (χ0n) is 54.2. The molecule has 0 aromatic heterocycles. The Kier molecular flexibility index (Phi) is 31.2. The van der Waals surface area contributed by atoms with E-state index < -0.39 is 156 Å². The van der Waals surface area contributed by atoms with E-state index in [1.165, 1.54) is 70.8 Å². The van der Waals surface area contributed by atoms with Crippen LogP contribution in [-0.4, -0.2) is 215 Å². The molecule has 83 heavy (non-hydrogen) atoms. The van der Waals surface area contributed by atoms with Gasteiger partial charge in [0, 0.05) is 42.3 Å². The van der Waals surface area contributed by atoms with Crippen molar-refractivity contribution in [1.29, 1.82) is 0 Å². The van der Waals surface area contributed by atoms with Gasteiger partial charge in [0.15, 0.2) is 0 Å². The van der Waals surface area contributed by atoms with Crippen molar-refractivity contribution in [2.24, 2.45) is 35.5 Å². The molecule has 1 heterocycles. The minimum Gasteiger partial charge on any atom is -0.390 e. The molecule has 474 valence electrons. The van der Waals surface area contributed by atoms with Crippen molar-refractivity contribution >= 4 is 65.0 Å². The van der Waals surface area contributed by atoms with Gasteiger partial charge in [-0.2, -0.15) is 0 Å². The molecular formula is C60H107N11O12. The van der Waals surface area contributed by atoms with Crippen LogP contribution in [0.25, 0.3) is 0 Å². The van der Waals surface area contributed by atoms with Crippen LogP contribution < -0.4 is 26.6 Å². The van der Waals surface area contributed by atoms with Crippen LogP contribution in [0.2, 0.25) is 0 Å². The quantitative estimate of drug-likeness (QED) is 0.129. The van der Waals surface area contributed by atoms with E-state index in [0.29, 0.717) is 12.8 Å². The first-order chi connectivity index (χ1) is 38.4. The number of aliphatic hydroxyl groups excluding tert-OH is 1. The molecule has 1 rings (SSSR count). The fourth-order valence-electron chi connectivity index (χ4n) is 10.3. The monoisotopic (exact) mass is 1170 g/mol. The number of aliphatic hydroxyl groups is 1. The molecule has 0 bridgehead atoms. The summed E-state index contributed by atoms with van der Waals surface area (Å²) in [6.07, 6.45) is 3.46. The van der Waals surface area contributed by atoms with E-state index in [4.69, 9.17) is 0 Å². The topological polar surface area (TPSA) is 288 Å². The SMILES string of the molecule is C/C=C/C[C@@H](C)[C@@H](O)[C@H]1C(=O)N[C@@H](CC)C(=O)NCC(=O)N(C)[C@@H](CCC)C(=O)N[C@@H](C(C)C)C(=O)N(C)[C@@H](C)C(=O)N[C@@H](CC(C)C)C(=O)N[C@H](C)C(=O)N(C)[C@@H](CC(C)C)C(=O)N(C)[C@H](CC(C)C)C(=O)N(C)[C@@H](C(C)C)C(=O)N1C. The molecule has 1 saturated heterocycles.